The summed E-state index contributed by atoms with van der Waals surface area (Å²) in [6.45, 7) is 3.32. The molecule has 2 amide bonds. The van der Waals surface area contributed by atoms with Crippen LogP contribution in [0.3, 0.4) is 0 Å². The van der Waals surface area contributed by atoms with Gasteiger partial charge in [0.1, 0.15) is 0 Å². The molecule has 0 heterocycles. The third-order valence-corrected chi connectivity index (χ3v) is 3.93. The first kappa shape index (κ1) is 14.7. The number of nitrogens with zero attached hydrogens (tertiary/aromatic N) is 1. The van der Waals surface area contributed by atoms with Crippen molar-refractivity contribution in [3.63, 3.8) is 0 Å². The third-order valence-electron chi connectivity index (χ3n) is 3.93. The topological polar surface area (TPSA) is 58.4 Å². The first-order chi connectivity index (χ1) is 9.69. The Bertz CT molecular complexity index is 441. The van der Waals surface area contributed by atoms with Crippen LogP contribution in [0.15, 0.2) is 24.3 Å². The van der Waals surface area contributed by atoms with E-state index >= 15 is 0 Å². The monoisotopic (exact) mass is 275 g/mol. The number of urea groups is 1. The van der Waals surface area contributed by atoms with Gasteiger partial charge in [-0.05, 0) is 37.5 Å². The summed E-state index contributed by atoms with van der Waals surface area (Å²) in [6.07, 6.45) is 5.98. The molecule has 20 heavy (non-hydrogen) atoms. The average Bonchev–Trinajstić information content (AvgIpc) is 2.46. The Labute approximate surface area is 121 Å². The number of hydrogen-bond donors (Lipinski definition) is 2. The van der Waals surface area contributed by atoms with Gasteiger partial charge >= 0.3 is 6.03 Å². The second-order valence-corrected chi connectivity index (χ2v) is 5.54. The summed E-state index contributed by atoms with van der Waals surface area (Å²) in [5, 5.41) is 3.16. The highest BCUT2D eigenvalue weighted by Crippen LogP contribution is 2.18. The van der Waals surface area contributed by atoms with Gasteiger partial charge in [-0.1, -0.05) is 31.4 Å². The van der Waals surface area contributed by atoms with Gasteiger partial charge in [0.05, 0.1) is 0 Å². The standard InChI is InChI=1S/C16H25N3O/c1-2-19(12-13-7-6-8-14(17)11-13)16(20)18-15-9-4-3-5-10-15/h6-8,11,15H,2-5,9-10,12,17H2,1H3,(H,18,20). The predicted octanol–water partition coefficient (Wildman–Crippen LogP) is 3.13. The van der Waals surface area contributed by atoms with Crippen molar-refractivity contribution >= 4 is 11.7 Å². The van der Waals surface area contributed by atoms with Gasteiger partial charge in [-0.2, -0.15) is 0 Å². The molecule has 4 heteroatoms. The van der Waals surface area contributed by atoms with Crippen molar-refractivity contribution in [2.24, 2.45) is 0 Å². The van der Waals surface area contributed by atoms with Crippen LogP contribution in [-0.4, -0.2) is 23.5 Å². The third kappa shape index (κ3) is 4.15. The Morgan fingerprint density at radius 2 is 2.10 bits per heavy atom. The molecule has 0 unspecified atom stereocenters. The Kier molecular flexibility index (Phi) is 5.27. The number of anilines is 1. The highest BCUT2D eigenvalue weighted by Gasteiger charge is 2.19. The summed E-state index contributed by atoms with van der Waals surface area (Å²) < 4.78 is 0. The first-order valence-electron chi connectivity index (χ1n) is 7.59. The smallest absolute Gasteiger partial charge is 0.317 e. The number of hydrogen-bond acceptors (Lipinski definition) is 2. The van der Waals surface area contributed by atoms with E-state index < -0.39 is 0 Å². The van der Waals surface area contributed by atoms with Gasteiger partial charge in [0.25, 0.3) is 0 Å². The minimum Gasteiger partial charge on any atom is -0.399 e. The van der Waals surface area contributed by atoms with E-state index in [0.29, 0.717) is 19.1 Å². The number of nitrogen functional groups attached to an aromatic ring is 1. The molecule has 0 aliphatic heterocycles. The Morgan fingerprint density at radius 1 is 1.35 bits per heavy atom. The van der Waals surface area contributed by atoms with E-state index in [0.717, 1.165) is 24.1 Å². The molecular weight excluding hydrogens is 250 g/mol. The fourth-order valence-electron chi connectivity index (χ4n) is 2.75. The van der Waals surface area contributed by atoms with Crippen molar-refractivity contribution in [2.45, 2.75) is 51.6 Å². The maximum Gasteiger partial charge on any atom is 0.317 e. The normalized spacial score (nSPS) is 15.8. The summed E-state index contributed by atoms with van der Waals surface area (Å²) in [7, 11) is 0. The molecule has 0 atom stereocenters. The molecule has 1 aliphatic rings. The van der Waals surface area contributed by atoms with E-state index in [2.05, 4.69) is 5.32 Å². The molecule has 1 fully saturated rings. The second kappa shape index (κ2) is 7.17. The summed E-state index contributed by atoms with van der Waals surface area (Å²) in [4.78, 5) is 14.2. The second-order valence-electron chi connectivity index (χ2n) is 5.54. The van der Waals surface area contributed by atoms with Crippen molar-refractivity contribution in [1.29, 1.82) is 0 Å². The fraction of sp³-hybridized carbons (Fsp3) is 0.562. The number of rotatable bonds is 4. The number of nitrogens with two attached hydrogens (primary N) is 1. The van der Waals surface area contributed by atoms with Crippen LogP contribution in [-0.2, 0) is 6.54 Å². The maximum absolute atomic E-state index is 12.3. The lowest BCUT2D eigenvalue weighted by molar-refractivity contribution is 0.190. The zero-order valence-corrected chi connectivity index (χ0v) is 12.3. The van der Waals surface area contributed by atoms with Gasteiger partial charge < -0.3 is 16.0 Å². The van der Waals surface area contributed by atoms with Crippen molar-refractivity contribution in [1.82, 2.24) is 10.2 Å². The molecular formula is C16H25N3O. The first-order valence-corrected chi connectivity index (χ1v) is 7.59. The van der Waals surface area contributed by atoms with E-state index in [1.807, 2.05) is 36.1 Å². The molecule has 3 N–H and O–H groups in total. The van der Waals surface area contributed by atoms with E-state index in [9.17, 15) is 4.79 Å². The number of carbonyl (C=O) groups excluding carboxylic acids is 1. The quantitative estimate of drug-likeness (QED) is 0.829. The fourth-order valence-corrected chi connectivity index (χ4v) is 2.75. The van der Waals surface area contributed by atoms with Crippen molar-refractivity contribution < 1.29 is 4.79 Å². The van der Waals surface area contributed by atoms with Gasteiger partial charge in [-0.25, -0.2) is 4.79 Å². The van der Waals surface area contributed by atoms with Gasteiger partial charge in [0, 0.05) is 24.8 Å². The molecule has 1 saturated carbocycles. The van der Waals surface area contributed by atoms with Crippen LogP contribution < -0.4 is 11.1 Å². The van der Waals surface area contributed by atoms with Crippen LogP contribution in [0.5, 0.6) is 0 Å². The summed E-state index contributed by atoms with van der Waals surface area (Å²) >= 11 is 0. The Balaban J connectivity index is 1.91. The van der Waals surface area contributed by atoms with E-state index in [-0.39, 0.29) is 6.03 Å². The average molecular weight is 275 g/mol. The molecule has 1 aromatic rings. The largest absolute Gasteiger partial charge is 0.399 e. The molecule has 4 nitrogen and oxygen atoms in total. The molecule has 0 bridgehead atoms. The minimum absolute atomic E-state index is 0.0434. The lowest BCUT2D eigenvalue weighted by Crippen LogP contribution is -2.45. The van der Waals surface area contributed by atoms with Gasteiger partial charge in [-0.3, -0.25) is 0 Å². The molecule has 0 aromatic heterocycles. The van der Waals surface area contributed by atoms with Crippen LogP contribution in [0.25, 0.3) is 0 Å². The highest BCUT2D eigenvalue weighted by molar-refractivity contribution is 5.74. The summed E-state index contributed by atoms with van der Waals surface area (Å²) in [6, 6.07) is 8.12. The predicted molar refractivity (Wildman–Crippen MR) is 82.3 cm³/mol. The van der Waals surface area contributed by atoms with Gasteiger partial charge in [0.15, 0.2) is 0 Å². The number of carbonyl (C=O) groups is 1. The molecule has 2 rings (SSSR count). The van der Waals surface area contributed by atoms with E-state index in [1.54, 1.807) is 0 Å². The SMILES string of the molecule is CCN(Cc1cccc(N)c1)C(=O)NC1CCCCC1. The van der Waals surface area contributed by atoms with Crippen LogP contribution in [0.4, 0.5) is 10.5 Å². The number of amides is 2. The molecule has 110 valence electrons. The van der Waals surface area contributed by atoms with E-state index in [1.165, 1.54) is 19.3 Å². The van der Waals surface area contributed by atoms with Gasteiger partial charge in [-0.15, -0.1) is 0 Å². The van der Waals surface area contributed by atoms with Crippen molar-refractivity contribution in [2.75, 3.05) is 12.3 Å². The van der Waals surface area contributed by atoms with Crippen LogP contribution in [0, 0.1) is 0 Å². The van der Waals surface area contributed by atoms with E-state index in [4.69, 9.17) is 5.73 Å². The van der Waals surface area contributed by atoms with Gasteiger partial charge in [0.2, 0.25) is 0 Å². The zero-order valence-electron chi connectivity index (χ0n) is 12.3. The van der Waals surface area contributed by atoms with Crippen molar-refractivity contribution in [3.8, 4) is 0 Å². The molecule has 0 spiro atoms. The van der Waals surface area contributed by atoms with Crippen LogP contribution in [0.2, 0.25) is 0 Å². The Morgan fingerprint density at radius 3 is 2.75 bits per heavy atom. The molecule has 0 radical (unpaired) electrons. The lowest BCUT2D eigenvalue weighted by atomic mass is 9.96. The number of benzene rings is 1. The highest BCUT2D eigenvalue weighted by atomic mass is 16.2. The summed E-state index contributed by atoms with van der Waals surface area (Å²) in [5.74, 6) is 0. The lowest BCUT2D eigenvalue weighted by Gasteiger charge is -2.27. The number of nitrogens with one attached hydrogen (secondary N) is 1. The van der Waals surface area contributed by atoms with Crippen molar-refractivity contribution in [3.05, 3.63) is 29.8 Å². The summed E-state index contributed by atoms with van der Waals surface area (Å²) in [5.41, 5.74) is 7.60. The Hall–Kier alpha value is -1.71. The molecule has 1 aliphatic carbocycles. The zero-order chi connectivity index (χ0) is 14.4. The maximum atomic E-state index is 12.3. The van der Waals surface area contributed by atoms with Crippen LogP contribution >= 0.6 is 0 Å². The van der Waals surface area contributed by atoms with Crippen LogP contribution in [0.1, 0.15) is 44.6 Å². The molecule has 0 saturated heterocycles. The molecule has 1 aromatic carbocycles. The minimum atomic E-state index is 0.0434.